The number of rotatable bonds is 3. The van der Waals surface area contributed by atoms with Crippen molar-refractivity contribution in [2.75, 3.05) is 6.26 Å². The van der Waals surface area contributed by atoms with Crippen molar-refractivity contribution in [3.05, 3.63) is 71.8 Å². The van der Waals surface area contributed by atoms with Crippen molar-refractivity contribution >= 4 is 21.0 Å². The van der Waals surface area contributed by atoms with E-state index in [0.717, 1.165) is 16.7 Å². The third-order valence-electron chi connectivity index (χ3n) is 3.91. The van der Waals surface area contributed by atoms with Gasteiger partial charge in [0.1, 0.15) is 5.82 Å². The fourth-order valence-corrected chi connectivity index (χ4v) is 3.46. The maximum absolute atomic E-state index is 13.6. The average Bonchev–Trinajstić information content (AvgIpc) is 2.82. The number of benzene rings is 1. The molecule has 1 aromatic carbocycles. The zero-order valence-electron chi connectivity index (χ0n) is 13.7. The van der Waals surface area contributed by atoms with E-state index >= 15 is 0 Å². The van der Waals surface area contributed by atoms with Crippen molar-refractivity contribution in [1.82, 2.24) is 4.98 Å². The van der Waals surface area contributed by atoms with Crippen molar-refractivity contribution in [3.8, 4) is 0 Å². The zero-order valence-corrected chi connectivity index (χ0v) is 14.6. The molecule has 0 radical (unpaired) electrons. The van der Waals surface area contributed by atoms with Crippen LogP contribution in [-0.4, -0.2) is 19.7 Å². The Kier molecular flexibility index (Phi) is 3.92. The molecule has 2 aromatic rings. The van der Waals surface area contributed by atoms with Gasteiger partial charge in [-0.3, -0.25) is 4.98 Å². The largest absolute Gasteiger partial charge is 0.256 e. The molecule has 1 heterocycles. The molecule has 24 heavy (non-hydrogen) atoms. The summed E-state index contributed by atoms with van der Waals surface area (Å²) in [5, 5.41) is 0. The number of hydrogen-bond donors (Lipinski definition) is 0. The highest BCUT2D eigenvalue weighted by molar-refractivity contribution is 7.90. The Morgan fingerprint density at radius 2 is 1.62 bits per heavy atom. The predicted molar refractivity (Wildman–Crippen MR) is 93.5 cm³/mol. The summed E-state index contributed by atoms with van der Waals surface area (Å²) in [6.45, 7) is 4.12. The van der Waals surface area contributed by atoms with E-state index in [0.29, 0.717) is 5.69 Å². The third-order valence-corrected chi connectivity index (χ3v) is 5.04. The molecule has 3 rings (SSSR count). The summed E-state index contributed by atoms with van der Waals surface area (Å²) >= 11 is 0. The van der Waals surface area contributed by atoms with Gasteiger partial charge in [0.05, 0.1) is 10.6 Å². The number of aromatic nitrogens is 1. The lowest BCUT2D eigenvalue weighted by Crippen LogP contribution is -1.98. The summed E-state index contributed by atoms with van der Waals surface area (Å²) in [7, 11) is -3.23. The lowest BCUT2D eigenvalue weighted by atomic mass is 9.95. The quantitative estimate of drug-likeness (QED) is 0.842. The first-order valence-electron chi connectivity index (χ1n) is 7.54. The number of allylic oxidation sites excluding steroid dienone is 4. The molecule has 1 aromatic heterocycles. The average molecular weight is 343 g/mol. The van der Waals surface area contributed by atoms with Gasteiger partial charge in [-0.05, 0) is 29.3 Å². The van der Waals surface area contributed by atoms with Crippen molar-refractivity contribution < 1.29 is 12.8 Å². The van der Waals surface area contributed by atoms with Crippen LogP contribution >= 0.6 is 0 Å². The second-order valence-electron chi connectivity index (χ2n) is 6.59. The highest BCUT2D eigenvalue weighted by Gasteiger charge is 2.26. The number of halogens is 1. The maximum atomic E-state index is 13.6. The van der Waals surface area contributed by atoms with Gasteiger partial charge in [-0.1, -0.05) is 38.1 Å². The van der Waals surface area contributed by atoms with E-state index in [-0.39, 0.29) is 16.1 Å². The summed E-state index contributed by atoms with van der Waals surface area (Å²) in [5.74, 6) is -0.336. The first-order valence-corrected chi connectivity index (χ1v) is 9.43. The topological polar surface area (TPSA) is 47.0 Å². The maximum Gasteiger partial charge on any atom is 0.175 e. The normalized spacial score (nSPS) is 16.7. The summed E-state index contributed by atoms with van der Waals surface area (Å²) in [4.78, 5) is 4.55. The Morgan fingerprint density at radius 3 is 2.21 bits per heavy atom. The van der Waals surface area contributed by atoms with E-state index in [2.05, 4.69) is 31.0 Å². The molecule has 0 atom stereocenters. The highest BCUT2D eigenvalue weighted by atomic mass is 32.2. The molecule has 1 aliphatic rings. The second-order valence-corrected chi connectivity index (χ2v) is 8.61. The molecule has 0 saturated heterocycles. The fraction of sp³-hybridized carbons (Fsp3) is 0.211. The lowest BCUT2D eigenvalue weighted by molar-refractivity contribution is 0.602. The fourth-order valence-electron chi connectivity index (χ4n) is 2.83. The van der Waals surface area contributed by atoms with Gasteiger partial charge in [0.15, 0.2) is 9.84 Å². The van der Waals surface area contributed by atoms with Crippen LogP contribution in [0.2, 0.25) is 0 Å². The van der Waals surface area contributed by atoms with Gasteiger partial charge in [-0.15, -0.1) is 0 Å². The van der Waals surface area contributed by atoms with Crippen molar-refractivity contribution in [2.45, 2.75) is 18.7 Å². The molecule has 1 aliphatic carbocycles. The SMILES string of the molecule is CC1(C)C=C(c2ccc(S(C)(=O)=O)cc2)C(c2cc(F)ccn2)=C1. The van der Waals surface area contributed by atoms with Crippen LogP contribution in [0.4, 0.5) is 4.39 Å². The summed E-state index contributed by atoms with van der Waals surface area (Å²) in [5.41, 5.74) is 3.04. The van der Waals surface area contributed by atoms with Crippen molar-refractivity contribution in [1.29, 1.82) is 0 Å². The second kappa shape index (κ2) is 5.67. The van der Waals surface area contributed by atoms with Crippen LogP contribution in [0.3, 0.4) is 0 Å². The van der Waals surface area contributed by atoms with Crippen molar-refractivity contribution in [2.24, 2.45) is 5.41 Å². The first kappa shape index (κ1) is 16.6. The Balaban J connectivity index is 2.07. The molecule has 0 fully saturated rings. The van der Waals surface area contributed by atoms with Gasteiger partial charge in [0.25, 0.3) is 0 Å². The Morgan fingerprint density at radius 1 is 1.00 bits per heavy atom. The van der Waals surface area contributed by atoms with Crippen LogP contribution < -0.4 is 0 Å². The molecule has 0 saturated carbocycles. The molecular formula is C19H18FNO2S. The van der Waals surface area contributed by atoms with Crippen LogP contribution in [0.15, 0.2) is 59.6 Å². The van der Waals surface area contributed by atoms with E-state index < -0.39 is 9.84 Å². The Labute approximate surface area is 141 Å². The van der Waals surface area contributed by atoms with Crippen LogP contribution in [0.5, 0.6) is 0 Å². The van der Waals surface area contributed by atoms with E-state index in [9.17, 15) is 12.8 Å². The molecule has 0 aliphatic heterocycles. The van der Waals surface area contributed by atoms with E-state index in [1.54, 1.807) is 24.3 Å². The molecule has 0 unspecified atom stereocenters. The van der Waals surface area contributed by atoms with E-state index in [4.69, 9.17) is 0 Å². The molecular weight excluding hydrogens is 325 g/mol. The molecule has 5 heteroatoms. The van der Waals surface area contributed by atoms with E-state index in [1.807, 2.05) is 0 Å². The lowest BCUT2D eigenvalue weighted by Gasteiger charge is -2.10. The van der Waals surface area contributed by atoms with Gasteiger partial charge in [-0.25, -0.2) is 12.8 Å². The summed E-state index contributed by atoms with van der Waals surface area (Å²) in [6, 6.07) is 9.45. The van der Waals surface area contributed by atoms with Crippen molar-refractivity contribution in [3.63, 3.8) is 0 Å². The molecule has 124 valence electrons. The number of hydrogen-bond acceptors (Lipinski definition) is 3. The molecule has 3 nitrogen and oxygen atoms in total. The minimum atomic E-state index is -3.23. The zero-order chi connectivity index (χ0) is 17.5. The third kappa shape index (κ3) is 3.31. The summed E-state index contributed by atoms with van der Waals surface area (Å²) < 4.78 is 36.8. The summed E-state index contributed by atoms with van der Waals surface area (Å²) in [6.07, 6.45) is 6.77. The molecule has 0 bridgehead atoms. The number of nitrogens with zero attached hydrogens (tertiary/aromatic N) is 1. The Bertz CT molecular complexity index is 955. The highest BCUT2D eigenvalue weighted by Crippen LogP contribution is 2.43. The van der Waals surface area contributed by atoms with Gasteiger partial charge in [-0.2, -0.15) is 0 Å². The Hall–Kier alpha value is -2.27. The minimum absolute atomic E-state index is 0.186. The molecule has 0 N–H and O–H groups in total. The predicted octanol–water partition coefficient (Wildman–Crippen LogP) is 4.13. The monoisotopic (exact) mass is 343 g/mol. The van der Waals surface area contributed by atoms with E-state index in [1.165, 1.54) is 24.6 Å². The molecule has 0 amide bonds. The van der Waals surface area contributed by atoms with Crippen LogP contribution in [0, 0.1) is 11.2 Å². The number of pyridine rings is 1. The van der Waals surface area contributed by atoms with Gasteiger partial charge < -0.3 is 0 Å². The van der Waals surface area contributed by atoms with Gasteiger partial charge >= 0.3 is 0 Å². The van der Waals surface area contributed by atoms with Gasteiger partial charge in [0, 0.05) is 29.5 Å². The van der Waals surface area contributed by atoms with Crippen LogP contribution in [0.25, 0.3) is 11.1 Å². The standard InChI is InChI=1S/C19H18FNO2S/c1-19(2)11-16(13-4-6-15(7-5-13)24(3,22)23)17(12-19)18-10-14(20)8-9-21-18/h4-12H,1-3H3. The minimum Gasteiger partial charge on any atom is -0.256 e. The molecule has 0 spiro atoms. The van der Waals surface area contributed by atoms with Crippen LogP contribution in [-0.2, 0) is 9.84 Å². The smallest absolute Gasteiger partial charge is 0.175 e. The number of sulfone groups is 1. The first-order chi connectivity index (χ1) is 11.2. The van der Waals surface area contributed by atoms with Crippen LogP contribution in [0.1, 0.15) is 25.1 Å². The van der Waals surface area contributed by atoms with Gasteiger partial charge in [0.2, 0.25) is 0 Å².